The monoisotopic (exact) mass is 241 g/mol. The van der Waals surface area contributed by atoms with Gasteiger partial charge in [-0.3, -0.25) is 5.32 Å². The number of aryl methyl sites for hydroxylation is 1. The van der Waals surface area contributed by atoms with Crippen LogP contribution in [0, 0.1) is 12.3 Å². The van der Waals surface area contributed by atoms with Gasteiger partial charge in [0.25, 0.3) is 0 Å². The molecule has 0 saturated heterocycles. The minimum Gasteiger partial charge on any atom is -0.327 e. The fourth-order valence-electron chi connectivity index (χ4n) is 1.96. The maximum atomic E-state index is 5.48. The summed E-state index contributed by atoms with van der Waals surface area (Å²) >= 11 is 0. The number of hydrogen-bond donors (Lipinski definition) is 1. The Hall–Kier alpha value is -1.79. The molecule has 3 nitrogen and oxygen atoms in total. The summed E-state index contributed by atoms with van der Waals surface area (Å²) < 4.78 is 2.22. The minimum atomic E-state index is -0.309. The Labute approximate surface area is 108 Å². The van der Waals surface area contributed by atoms with Crippen LogP contribution in [0.3, 0.4) is 0 Å². The van der Waals surface area contributed by atoms with Crippen molar-refractivity contribution in [3.8, 4) is 12.3 Å². The average Bonchev–Trinajstić information content (AvgIpc) is 2.74. The predicted molar refractivity (Wildman–Crippen MR) is 75.2 cm³/mol. The van der Waals surface area contributed by atoms with E-state index in [-0.39, 0.29) is 5.54 Å². The normalized spacial score (nSPS) is 11.7. The zero-order chi connectivity index (χ0) is 13.2. The lowest BCUT2D eigenvalue weighted by Gasteiger charge is -2.19. The Bertz CT molecular complexity index is 587. The number of fused-ring (bicyclic) bond motifs is 1. The molecule has 0 unspecified atom stereocenters. The quantitative estimate of drug-likeness (QED) is 0.834. The molecule has 1 N–H and O–H groups in total. The van der Waals surface area contributed by atoms with Crippen LogP contribution in [0.1, 0.15) is 26.6 Å². The highest BCUT2D eigenvalue weighted by atomic mass is 15.1. The van der Waals surface area contributed by atoms with Crippen molar-refractivity contribution >= 4 is 11.0 Å². The van der Waals surface area contributed by atoms with Crippen LogP contribution >= 0.6 is 0 Å². The zero-order valence-electron chi connectivity index (χ0n) is 11.2. The molecule has 2 aromatic rings. The highest BCUT2D eigenvalue weighted by Gasteiger charge is 2.15. The van der Waals surface area contributed by atoms with Gasteiger partial charge in [-0.2, -0.15) is 0 Å². The molecule has 18 heavy (non-hydrogen) atoms. The first-order valence-electron chi connectivity index (χ1n) is 6.24. The van der Waals surface area contributed by atoms with E-state index in [0.29, 0.717) is 6.54 Å². The number of aromatic nitrogens is 2. The van der Waals surface area contributed by atoms with Crippen molar-refractivity contribution in [2.75, 3.05) is 0 Å². The molecule has 0 saturated carbocycles. The second kappa shape index (κ2) is 4.83. The maximum absolute atomic E-state index is 5.48. The van der Waals surface area contributed by atoms with Crippen LogP contribution in [0.25, 0.3) is 11.0 Å². The number of nitrogens with one attached hydrogen (secondary N) is 1. The number of nitrogens with zero attached hydrogens (tertiary/aromatic N) is 2. The van der Waals surface area contributed by atoms with Gasteiger partial charge >= 0.3 is 0 Å². The van der Waals surface area contributed by atoms with Crippen molar-refractivity contribution in [3.05, 3.63) is 30.1 Å². The second-order valence-electron chi connectivity index (χ2n) is 4.88. The fourth-order valence-corrected chi connectivity index (χ4v) is 1.96. The second-order valence-corrected chi connectivity index (χ2v) is 4.88. The van der Waals surface area contributed by atoms with E-state index in [0.717, 1.165) is 17.9 Å². The molecule has 0 amide bonds. The first kappa shape index (κ1) is 12.7. The third-order valence-electron chi connectivity index (χ3n) is 3.10. The van der Waals surface area contributed by atoms with Crippen molar-refractivity contribution in [1.29, 1.82) is 0 Å². The van der Waals surface area contributed by atoms with E-state index in [1.165, 1.54) is 5.52 Å². The SMILES string of the molecule is C#CC(C)(C)NCc1nc2ccccc2n1CC. The van der Waals surface area contributed by atoms with Gasteiger partial charge in [0.15, 0.2) is 0 Å². The molecular formula is C15H19N3. The topological polar surface area (TPSA) is 29.9 Å². The minimum absolute atomic E-state index is 0.309. The lowest BCUT2D eigenvalue weighted by molar-refractivity contribution is 0.473. The van der Waals surface area contributed by atoms with Crippen LogP contribution < -0.4 is 5.32 Å². The molecule has 1 aromatic carbocycles. The van der Waals surface area contributed by atoms with E-state index in [2.05, 4.69) is 33.8 Å². The van der Waals surface area contributed by atoms with E-state index in [9.17, 15) is 0 Å². The third-order valence-corrected chi connectivity index (χ3v) is 3.10. The summed E-state index contributed by atoms with van der Waals surface area (Å²) in [6, 6.07) is 8.19. The highest BCUT2D eigenvalue weighted by Crippen LogP contribution is 2.16. The molecular weight excluding hydrogens is 222 g/mol. The van der Waals surface area contributed by atoms with Gasteiger partial charge in [-0.05, 0) is 32.9 Å². The van der Waals surface area contributed by atoms with Crippen LogP contribution in [0.5, 0.6) is 0 Å². The van der Waals surface area contributed by atoms with Crippen LogP contribution in [-0.2, 0) is 13.1 Å². The molecule has 0 atom stereocenters. The molecule has 0 radical (unpaired) electrons. The molecule has 0 aliphatic carbocycles. The van der Waals surface area contributed by atoms with Crippen molar-refractivity contribution in [1.82, 2.24) is 14.9 Å². The Morgan fingerprint density at radius 3 is 2.78 bits per heavy atom. The van der Waals surface area contributed by atoms with Gasteiger partial charge in [0, 0.05) is 6.54 Å². The van der Waals surface area contributed by atoms with Gasteiger partial charge in [0.2, 0.25) is 0 Å². The highest BCUT2D eigenvalue weighted by molar-refractivity contribution is 5.75. The number of imidazole rings is 1. The number of para-hydroxylation sites is 2. The Kier molecular flexibility index (Phi) is 3.40. The standard InChI is InChI=1S/C15H19N3/c1-5-15(3,4)16-11-14-17-12-9-7-8-10-13(12)18(14)6-2/h1,7-10,16H,6,11H2,2-4H3. The Balaban J connectivity index is 2.31. The third kappa shape index (κ3) is 2.39. The molecule has 3 heteroatoms. The van der Waals surface area contributed by atoms with Crippen molar-refractivity contribution in [2.45, 2.75) is 39.4 Å². The van der Waals surface area contributed by atoms with E-state index in [1.54, 1.807) is 0 Å². The fraction of sp³-hybridized carbons (Fsp3) is 0.400. The van der Waals surface area contributed by atoms with E-state index in [4.69, 9.17) is 6.42 Å². The predicted octanol–water partition coefficient (Wildman–Crippen LogP) is 2.56. The number of benzene rings is 1. The van der Waals surface area contributed by atoms with Gasteiger partial charge < -0.3 is 4.57 Å². The Morgan fingerprint density at radius 1 is 1.39 bits per heavy atom. The smallest absolute Gasteiger partial charge is 0.123 e. The van der Waals surface area contributed by atoms with Gasteiger partial charge in [0.1, 0.15) is 5.82 Å². The zero-order valence-corrected chi connectivity index (χ0v) is 11.2. The van der Waals surface area contributed by atoms with Crippen LogP contribution in [0.2, 0.25) is 0 Å². The molecule has 0 bridgehead atoms. The lowest BCUT2D eigenvalue weighted by atomic mass is 10.1. The largest absolute Gasteiger partial charge is 0.327 e. The molecule has 0 fully saturated rings. The van der Waals surface area contributed by atoms with Crippen LogP contribution in [0.4, 0.5) is 0 Å². The van der Waals surface area contributed by atoms with Crippen molar-refractivity contribution in [2.24, 2.45) is 0 Å². The molecule has 0 aliphatic heterocycles. The number of hydrogen-bond acceptors (Lipinski definition) is 2. The van der Waals surface area contributed by atoms with Crippen LogP contribution in [-0.4, -0.2) is 15.1 Å². The summed E-state index contributed by atoms with van der Waals surface area (Å²) in [5.41, 5.74) is 1.90. The van der Waals surface area contributed by atoms with Crippen molar-refractivity contribution < 1.29 is 0 Å². The average molecular weight is 241 g/mol. The van der Waals surface area contributed by atoms with Crippen molar-refractivity contribution in [3.63, 3.8) is 0 Å². The first-order chi connectivity index (χ1) is 8.57. The lowest BCUT2D eigenvalue weighted by Crippen LogP contribution is -2.37. The van der Waals surface area contributed by atoms with Crippen LogP contribution in [0.15, 0.2) is 24.3 Å². The van der Waals surface area contributed by atoms with Gasteiger partial charge in [-0.25, -0.2) is 4.98 Å². The summed E-state index contributed by atoms with van der Waals surface area (Å²) in [5, 5.41) is 3.34. The summed E-state index contributed by atoms with van der Waals surface area (Å²) in [6.07, 6.45) is 5.48. The maximum Gasteiger partial charge on any atom is 0.123 e. The van der Waals surface area contributed by atoms with Gasteiger partial charge in [-0.1, -0.05) is 18.1 Å². The Morgan fingerprint density at radius 2 is 2.11 bits per heavy atom. The molecule has 0 aliphatic rings. The molecule has 94 valence electrons. The molecule has 1 heterocycles. The summed E-state index contributed by atoms with van der Waals surface area (Å²) in [7, 11) is 0. The summed E-state index contributed by atoms with van der Waals surface area (Å²) in [4.78, 5) is 4.65. The first-order valence-corrected chi connectivity index (χ1v) is 6.24. The molecule has 1 aromatic heterocycles. The summed E-state index contributed by atoms with van der Waals surface area (Å²) in [6.45, 7) is 7.70. The molecule has 2 rings (SSSR count). The van der Waals surface area contributed by atoms with Gasteiger partial charge in [-0.15, -0.1) is 6.42 Å². The number of terminal acetylenes is 1. The van der Waals surface area contributed by atoms with Gasteiger partial charge in [0.05, 0.1) is 23.1 Å². The summed E-state index contributed by atoms with van der Waals surface area (Å²) in [5.74, 6) is 3.76. The molecule has 0 spiro atoms. The van der Waals surface area contributed by atoms with E-state index >= 15 is 0 Å². The number of rotatable bonds is 4. The van der Waals surface area contributed by atoms with E-state index < -0.39 is 0 Å². The van der Waals surface area contributed by atoms with E-state index in [1.807, 2.05) is 32.0 Å².